The number of alkyl halides is 2. The lowest BCUT2D eigenvalue weighted by molar-refractivity contribution is -0.115. The van der Waals surface area contributed by atoms with Gasteiger partial charge in [-0.15, -0.1) is 0 Å². The molecule has 0 aromatic heterocycles. The Morgan fingerprint density at radius 1 is 1.50 bits per heavy atom. The molecule has 1 atom stereocenters. The van der Waals surface area contributed by atoms with Crippen LogP contribution in [0.4, 0.5) is 11.4 Å². The van der Waals surface area contributed by atoms with Gasteiger partial charge in [0.25, 0.3) is 10.1 Å². The first-order chi connectivity index (χ1) is 8.25. The molecule has 0 saturated carbocycles. The average Bonchev–Trinajstić information content (AvgIpc) is 2.29. The van der Waals surface area contributed by atoms with Gasteiger partial charge in [-0.25, -0.2) is 0 Å². The monoisotopic (exact) mass is 400 g/mol. The van der Waals surface area contributed by atoms with Gasteiger partial charge in [0.15, 0.2) is 0 Å². The van der Waals surface area contributed by atoms with Crippen LogP contribution in [0, 0.1) is 0 Å². The average molecular weight is 402 g/mol. The molecule has 4 N–H and O–H groups in total. The van der Waals surface area contributed by atoms with Crippen LogP contribution in [0.5, 0.6) is 0 Å². The Kier molecular flexibility index (Phi) is 5.14. The number of carbonyl (C=O) groups is 1. The number of amides is 1. The first-order valence-corrected chi connectivity index (χ1v) is 8.11. The van der Waals surface area contributed by atoms with Crippen molar-refractivity contribution in [3.63, 3.8) is 0 Å². The van der Waals surface area contributed by atoms with Gasteiger partial charge in [-0.1, -0.05) is 31.9 Å². The molecular formula is C9H10Br2N2O4S. The van der Waals surface area contributed by atoms with E-state index in [0.717, 1.165) is 12.1 Å². The predicted octanol–water partition coefficient (Wildman–Crippen LogP) is 1.61. The molecule has 100 valence electrons. The predicted molar refractivity (Wildman–Crippen MR) is 75.8 cm³/mol. The first kappa shape index (κ1) is 15.4. The zero-order valence-electron chi connectivity index (χ0n) is 8.93. The van der Waals surface area contributed by atoms with Crippen LogP contribution in [-0.4, -0.2) is 29.0 Å². The number of anilines is 2. The summed E-state index contributed by atoms with van der Waals surface area (Å²) < 4.78 is 30.6. The molecule has 0 saturated heterocycles. The molecule has 1 rings (SSSR count). The molecule has 0 aliphatic rings. The van der Waals surface area contributed by atoms with Crippen molar-refractivity contribution in [1.29, 1.82) is 0 Å². The number of rotatable bonds is 4. The molecule has 0 heterocycles. The SMILES string of the molecule is Nc1cc(S(=O)(=O)O)ccc1NC(=O)C(Br)CBr. The smallest absolute Gasteiger partial charge is 0.294 e. The van der Waals surface area contributed by atoms with Crippen LogP contribution in [0.15, 0.2) is 23.1 Å². The van der Waals surface area contributed by atoms with Crippen molar-refractivity contribution < 1.29 is 17.8 Å². The molecule has 6 nitrogen and oxygen atoms in total. The lowest BCUT2D eigenvalue weighted by Crippen LogP contribution is -2.24. The molecule has 1 amide bonds. The molecule has 0 aliphatic heterocycles. The van der Waals surface area contributed by atoms with E-state index in [1.165, 1.54) is 6.07 Å². The lowest BCUT2D eigenvalue weighted by Gasteiger charge is -2.11. The highest BCUT2D eigenvalue weighted by molar-refractivity contribution is 9.12. The summed E-state index contributed by atoms with van der Waals surface area (Å²) in [6.07, 6.45) is 0. The second kappa shape index (κ2) is 6.00. The summed E-state index contributed by atoms with van der Waals surface area (Å²) in [4.78, 5) is 10.8. The van der Waals surface area contributed by atoms with E-state index >= 15 is 0 Å². The van der Waals surface area contributed by atoms with Gasteiger partial charge >= 0.3 is 0 Å². The molecule has 0 aliphatic carbocycles. The third-order valence-electron chi connectivity index (χ3n) is 2.00. The summed E-state index contributed by atoms with van der Waals surface area (Å²) in [6.45, 7) is 0. The zero-order valence-corrected chi connectivity index (χ0v) is 12.9. The second-order valence-corrected chi connectivity index (χ2v) is 6.51. The maximum absolute atomic E-state index is 11.6. The highest BCUT2D eigenvalue weighted by Crippen LogP contribution is 2.23. The number of hydrogen-bond acceptors (Lipinski definition) is 4. The third-order valence-corrected chi connectivity index (χ3v) is 5.10. The number of halogens is 2. The van der Waals surface area contributed by atoms with E-state index in [0.29, 0.717) is 5.33 Å². The van der Waals surface area contributed by atoms with Crippen LogP contribution in [-0.2, 0) is 14.9 Å². The van der Waals surface area contributed by atoms with Gasteiger partial charge in [-0.05, 0) is 18.2 Å². The Labute approximate surface area is 121 Å². The second-order valence-electron chi connectivity index (χ2n) is 3.34. The molecule has 0 fully saturated rings. The highest BCUT2D eigenvalue weighted by atomic mass is 79.9. The van der Waals surface area contributed by atoms with Crippen molar-refractivity contribution in [3.05, 3.63) is 18.2 Å². The Hall–Kier alpha value is -0.640. The number of nitrogens with two attached hydrogens (primary N) is 1. The molecule has 0 bridgehead atoms. The van der Waals surface area contributed by atoms with Gasteiger partial charge in [0.05, 0.1) is 16.3 Å². The number of nitrogens with one attached hydrogen (secondary N) is 1. The van der Waals surface area contributed by atoms with Gasteiger partial charge in [0.1, 0.15) is 4.83 Å². The van der Waals surface area contributed by atoms with E-state index in [-0.39, 0.29) is 22.2 Å². The Balaban J connectivity index is 2.97. The summed E-state index contributed by atoms with van der Waals surface area (Å²) in [5.74, 6) is -0.321. The minimum atomic E-state index is -4.30. The molecule has 0 spiro atoms. The van der Waals surface area contributed by atoms with Crippen molar-refractivity contribution in [1.82, 2.24) is 0 Å². The Morgan fingerprint density at radius 3 is 2.56 bits per heavy atom. The molecule has 1 unspecified atom stereocenters. The molecule has 1 aromatic carbocycles. The Bertz CT molecular complexity index is 562. The summed E-state index contributed by atoms with van der Waals surface area (Å²) in [5.41, 5.74) is 5.92. The molecule has 1 aromatic rings. The van der Waals surface area contributed by atoms with Crippen LogP contribution in [0.2, 0.25) is 0 Å². The summed E-state index contributed by atoms with van der Waals surface area (Å²) >= 11 is 6.27. The van der Waals surface area contributed by atoms with Gasteiger partial charge in [0.2, 0.25) is 5.91 Å². The molecular weight excluding hydrogens is 392 g/mol. The standard InChI is InChI=1S/C9H10Br2N2O4S/c10-4-6(11)9(14)13-8-2-1-5(3-7(8)12)18(15,16)17/h1-3,6H,4,12H2,(H,13,14)(H,15,16,17). The fraction of sp³-hybridized carbons (Fsp3) is 0.222. The Morgan fingerprint density at radius 2 is 2.11 bits per heavy atom. The van der Waals surface area contributed by atoms with Crippen LogP contribution in [0.25, 0.3) is 0 Å². The molecule has 0 radical (unpaired) electrons. The van der Waals surface area contributed by atoms with Crippen molar-refractivity contribution >= 4 is 59.3 Å². The van der Waals surface area contributed by atoms with Crippen molar-refractivity contribution in [2.45, 2.75) is 9.72 Å². The maximum Gasteiger partial charge on any atom is 0.294 e. The van der Waals surface area contributed by atoms with Crippen LogP contribution in [0.3, 0.4) is 0 Å². The molecule has 9 heteroatoms. The number of carbonyl (C=O) groups excluding carboxylic acids is 1. The highest BCUT2D eigenvalue weighted by Gasteiger charge is 2.16. The minimum Gasteiger partial charge on any atom is -0.397 e. The normalized spacial score (nSPS) is 13.1. The van der Waals surface area contributed by atoms with Gasteiger partial charge in [-0.2, -0.15) is 8.42 Å². The van der Waals surface area contributed by atoms with Crippen LogP contribution < -0.4 is 11.1 Å². The van der Waals surface area contributed by atoms with Gasteiger partial charge in [0, 0.05) is 5.33 Å². The van der Waals surface area contributed by atoms with E-state index in [1.807, 2.05) is 0 Å². The van der Waals surface area contributed by atoms with Crippen molar-refractivity contribution in [3.8, 4) is 0 Å². The van der Waals surface area contributed by atoms with Gasteiger partial charge < -0.3 is 11.1 Å². The zero-order chi connectivity index (χ0) is 13.9. The van der Waals surface area contributed by atoms with Gasteiger partial charge in [-0.3, -0.25) is 9.35 Å². The summed E-state index contributed by atoms with van der Waals surface area (Å²) in [7, 11) is -4.30. The number of hydrogen-bond donors (Lipinski definition) is 3. The van der Waals surface area contributed by atoms with E-state index in [9.17, 15) is 13.2 Å². The largest absolute Gasteiger partial charge is 0.397 e. The topological polar surface area (TPSA) is 109 Å². The van der Waals surface area contributed by atoms with E-state index in [4.69, 9.17) is 10.3 Å². The lowest BCUT2D eigenvalue weighted by atomic mass is 10.2. The quantitative estimate of drug-likeness (QED) is 0.403. The summed E-state index contributed by atoms with van der Waals surface area (Å²) in [5, 5.41) is 2.94. The fourth-order valence-corrected chi connectivity index (χ4v) is 2.02. The summed E-state index contributed by atoms with van der Waals surface area (Å²) in [6, 6.07) is 3.53. The number of nitrogen functional groups attached to an aromatic ring is 1. The van der Waals surface area contributed by atoms with Crippen LogP contribution >= 0.6 is 31.9 Å². The maximum atomic E-state index is 11.6. The minimum absolute atomic E-state index is 0.0488. The van der Waals surface area contributed by atoms with E-state index in [1.54, 1.807) is 0 Å². The van der Waals surface area contributed by atoms with E-state index in [2.05, 4.69) is 37.2 Å². The van der Waals surface area contributed by atoms with Crippen molar-refractivity contribution in [2.75, 3.05) is 16.4 Å². The number of benzene rings is 1. The molecule has 18 heavy (non-hydrogen) atoms. The van der Waals surface area contributed by atoms with Crippen LogP contribution in [0.1, 0.15) is 0 Å². The first-order valence-electron chi connectivity index (χ1n) is 4.63. The fourth-order valence-electron chi connectivity index (χ4n) is 1.10. The third kappa shape index (κ3) is 3.94. The van der Waals surface area contributed by atoms with E-state index < -0.39 is 14.9 Å². The van der Waals surface area contributed by atoms with Crippen molar-refractivity contribution in [2.24, 2.45) is 0 Å².